The predicted octanol–water partition coefficient (Wildman–Crippen LogP) is 4.26. The van der Waals surface area contributed by atoms with Crippen LogP contribution in [-0.2, 0) is 9.47 Å². The number of hydrogen-bond acceptors (Lipinski definition) is 7. The van der Waals surface area contributed by atoms with Crippen molar-refractivity contribution in [3.63, 3.8) is 0 Å². The molecule has 8 nitrogen and oxygen atoms in total. The highest BCUT2D eigenvalue weighted by atomic mass is 32.1. The topological polar surface area (TPSA) is 109 Å². The second-order valence-corrected chi connectivity index (χ2v) is 6.65. The van der Waals surface area contributed by atoms with Crippen LogP contribution in [0.25, 0.3) is 0 Å². The summed E-state index contributed by atoms with van der Waals surface area (Å²) < 4.78 is 10.3. The number of carbonyl (C=O) groups excluding carboxylic acids is 2. The summed E-state index contributed by atoms with van der Waals surface area (Å²) in [7, 11) is 0. The average Bonchev–Trinajstić information content (AvgIpc) is 3.45. The van der Waals surface area contributed by atoms with Crippen LogP contribution in [0.5, 0.6) is 0 Å². The van der Waals surface area contributed by atoms with Gasteiger partial charge in [0.05, 0.1) is 37.0 Å². The number of hydrogen-bond donors (Lipinski definition) is 2. The zero-order valence-electron chi connectivity index (χ0n) is 16.0. The van der Waals surface area contributed by atoms with Crippen molar-refractivity contribution in [1.82, 2.24) is 9.97 Å². The van der Waals surface area contributed by atoms with Crippen LogP contribution in [0.3, 0.4) is 0 Å². The van der Waals surface area contributed by atoms with Crippen LogP contribution >= 0.6 is 11.3 Å². The van der Waals surface area contributed by atoms with Crippen molar-refractivity contribution in [2.75, 3.05) is 13.2 Å². The summed E-state index contributed by atoms with van der Waals surface area (Å²) >= 11 is 1.11. The molecule has 0 aromatic carbocycles. The fourth-order valence-corrected chi connectivity index (χ4v) is 3.45. The van der Waals surface area contributed by atoms with Gasteiger partial charge in [-0.05, 0) is 38.1 Å². The van der Waals surface area contributed by atoms with E-state index in [4.69, 9.17) is 9.47 Å². The average molecular weight is 412 g/mol. The van der Waals surface area contributed by atoms with E-state index in [2.05, 4.69) is 20.0 Å². The molecule has 3 aromatic heterocycles. The molecule has 0 spiro atoms. The summed E-state index contributed by atoms with van der Waals surface area (Å²) in [5, 5.41) is 0.638. The first-order valence-corrected chi connectivity index (χ1v) is 9.81. The Labute approximate surface area is 171 Å². The molecule has 3 aromatic rings. The normalized spacial score (nSPS) is 11.4. The van der Waals surface area contributed by atoms with E-state index in [-0.39, 0.29) is 24.3 Å². The number of H-pyrrole nitrogens is 2. The molecule has 3 heterocycles. The first-order chi connectivity index (χ1) is 14.1. The molecule has 0 saturated heterocycles. The van der Waals surface area contributed by atoms with Crippen LogP contribution in [0.1, 0.15) is 46.0 Å². The minimum absolute atomic E-state index is 0.0525. The zero-order valence-corrected chi connectivity index (χ0v) is 16.8. The minimum atomic E-state index is -0.647. The van der Waals surface area contributed by atoms with Crippen LogP contribution in [0.2, 0.25) is 0 Å². The van der Waals surface area contributed by atoms with Gasteiger partial charge >= 0.3 is 11.9 Å². The molecule has 0 radical (unpaired) electrons. The lowest BCUT2D eigenvalue weighted by atomic mass is 10.1. The molecular formula is C20H20N4O4S. The lowest BCUT2D eigenvalue weighted by molar-refractivity contribution is 0.0481. The summed E-state index contributed by atoms with van der Waals surface area (Å²) in [6.07, 6.45) is 6.67. The Hall–Kier alpha value is -3.46. The Morgan fingerprint density at radius 2 is 1.34 bits per heavy atom. The Morgan fingerprint density at radius 3 is 1.69 bits per heavy atom. The molecule has 0 saturated carbocycles. The lowest BCUT2D eigenvalue weighted by Gasteiger charge is -2.05. The number of nitrogens with zero attached hydrogens (tertiary/aromatic N) is 2. The number of carbonyl (C=O) groups is 2. The molecule has 0 unspecified atom stereocenters. The zero-order chi connectivity index (χ0) is 20.6. The molecule has 0 atom stereocenters. The number of aromatic amines is 2. The van der Waals surface area contributed by atoms with Gasteiger partial charge in [-0.3, -0.25) is 0 Å². The van der Waals surface area contributed by atoms with Crippen molar-refractivity contribution < 1.29 is 19.1 Å². The van der Waals surface area contributed by atoms with E-state index < -0.39 is 11.9 Å². The third kappa shape index (κ3) is 4.88. The maximum Gasteiger partial charge on any atom is 0.342 e. The predicted molar refractivity (Wildman–Crippen MR) is 112 cm³/mol. The Kier molecular flexibility index (Phi) is 6.75. The number of rotatable bonds is 8. The molecule has 29 heavy (non-hydrogen) atoms. The van der Waals surface area contributed by atoms with Crippen LogP contribution in [0.4, 0.5) is 10.0 Å². The minimum Gasteiger partial charge on any atom is -0.462 e. The largest absolute Gasteiger partial charge is 0.462 e. The van der Waals surface area contributed by atoms with E-state index in [1.165, 1.54) is 0 Å². The summed E-state index contributed by atoms with van der Waals surface area (Å²) in [6.45, 7) is 3.72. The van der Waals surface area contributed by atoms with Gasteiger partial charge in [0.2, 0.25) is 0 Å². The lowest BCUT2D eigenvalue weighted by Crippen LogP contribution is -2.12. The molecule has 3 rings (SSSR count). The van der Waals surface area contributed by atoms with Gasteiger partial charge in [0.1, 0.15) is 21.1 Å². The Bertz CT molecular complexity index is 937. The maximum atomic E-state index is 12.6. The van der Waals surface area contributed by atoms with Gasteiger partial charge in [-0.15, -0.1) is 0 Å². The van der Waals surface area contributed by atoms with Crippen molar-refractivity contribution in [3.05, 3.63) is 59.2 Å². The SMILES string of the molecule is CCOC(=O)c1c(/N=C/c2ccc[nH]2)sc(/N=C/c2ccc[nH]2)c1C(=O)OCC. The highest BCUT2D eigenvalue weighted by Gasteiger charge is 2.30. The fourth-order valence-electron chi connectivity index (χ4n) is 2.48. The monoisotopic (exact) mass is 412 g/mol. The summed E-state index contributed by atoms with van der Waals surface area (Å²) in [5.74, 6) is -1.29. The molecule has 0 aliphatic heterocycles. The van der Waals surface area contributed by atoms with Crippen molar-refractivity contribution in [2.24, 2.45) is 9.98 Å². The molecule has 0 amide bonds. The molecule has 2 N–H and O–H groups in total. The van der Waals surface area contributed by atoms with E-state index in [0.717, 1.165) is 22.7 Å². The van der Waals surface area contributed by atoms with Crippen LogP contribution in [0.15, 0.2) is 46.6 Å². The maximum absolute atomic E-state index is 12.6. The van der Waals surface area contributed by atoms with Crippen molar-refractivity contribution in [2.45, 2.75) is 13.8 Å². The molecular weight excluding hydrogens is 392 g/mol. The Balaban J connectivity index is 2.11. The van der Waals surface area contributed by atoms with Crippen LogP contribution in [0, 0.1) is 0 Å². The Morgan fingerprint density at radius 1 is 0.897 bits per heavy atom. The van der Waals surface area contributed by atoms with Gasteiger partial charge in [0, 0.05) is 12.4 Å². The fraction of sp³-hybridized carbons (Fsp3) is 0.200. The van der Waals surface area contributed by atoms with Crippen LogP contribution in [-0.4, -0.2) is 47.5 Å². The van der Waals surface area contributed by atoms with Crippen molar-refractivity contribution >= 4 is 45.7 Å². The van der Waals surface area contributed by atoms with Gasteiger partial charge in [-0.25, -0.2) is 19.6 Å². The number of nitrogens with one attached hydrogen (secondary N) is 2. The van der Waals surface area contributed by atoms with E-state index >= 15 is 0 Å². The van der Waals surface area contributed by atoms with Crippen molar-refractivity contribution in [1.29, 1.82) is 0 Å². The van der Waals surface area contributed by atoms with E-state index in [1.54, 1.807) is 38.7 Å². The van der Waals surface area contributed by atoms with Gasteiger partial charge in [-0.1, -0.05) is 11.3 Å². The molecule has 0 aliphatic carbocycles. The molecule has 150 valence electrons. The summed E-state index contributed by atoms with van der Waals surface area (Å²) in [5.41, 5.74) is 1.61. The smallest absolute Gasteiger partial charge is 0.342 e. The summed E-state index contributed by atoms with van der Waals surface area (Å²) in [4.78, 5) is 40.1. The molecule has 9 heteroatoms. The number of ether oxygens (including phenoxy) is 2. The van der Waals surface area contributed by atoms with Gasteiger partial charge in [0.25, 0.3) is 0 Å². The van der Waals surface area contributed by atoms with Gasteiger partial charge in [-0.2, -0.15) is 0 Å². The quantitative estimate of drug-likeness (QED) is 0.425. The first-order valence-electron chi connectivity index (χ1n) is 9.00. The molecule has 0 aliphatic rings. The van der Waals surface area contributed by atoms with Crippen molar-refractivity contribution in [3.8, 4) is 0 Å². The van der Waals surface area contributed by atoms with E-state index in [1.807, 2.05) is 24.3 Å². The highest BCUT2D eigenvalue weighted by Crippen LogP contribution is 2.42. The number of thiophene rings is 1. The van der Waals surface area contributed by atoms with Gasteiger partial charge < -0.3 is 19.4 Å². The third-order valence-corrected chi connectivity index (χ3v) is 4.72. The summed E-state index contributed by atoms with van der Waals surface area (Å²) in [6, 6.07) is 7.33. The third-order valence-electron chi connectivity index (χ3n) is 3.72. The van der Waals surface area contributed by atoms with E-state index in [0.29, 0.717) is 10.0 Å². The first kappa shape index (κ1) is 20.3. The second-order valence-electron chi connectivity index (χ2n) is 5.67. The molecule has 0 fully saturated rings. The van der Waals surface area contributed by atoms with Crippen LogP contribution < -0.4 is 0 Å². The number of aromatic nitrogens is 2. The number of esters is 2. The number of aliphatic imine (C=N–C) groups is 2. The second kappa shape index (κ2) is 9.65. The highest BCUT2D eigenvalue weighted by molar-refractivity contribution is 7.20. The van der Waals surface area contributed by atoms with Gasteiger partial charge in [0.15, 0.2) is 0 Å². The standard InChI is InChI=1S/C20H20N4O4S/c1-3-27-19(25)15-16(20(26)28-4-2)18(24-12-14-8-6-10-22-14)29-17(15)23-11-13-7-5-9-21-13/h5-12,21-22H,3-4H2,1-2H3/b23-11+,24-12+. The van der Waals surface area contributed by atoms with E-state index in [9.17, 15) is 9.59 Å². The molecule has 0 bridgehead atoms.